The summed E-state index contributed by atoms with van der Waals surface area (Å²) < 4.78 is 0. The fourth-order valence-corrected chi connectivity index (χ4v) is 6.35. The highest BCUT2D eigenvalue weighted by Gasteiger charge is 2.31. The van der Waals surface area contributed by atoms with Gasteiger partial charge >= 0.3 is 0 Å². The molecule has 0 aromatic heterocycles. The van der Waals surface area contributed by atoms with E-state index >= 15 is 0 Å². The number of aliphatic hydroxyl groups is 1. The van der Waals surface area contributed by atoms with Crippen LogP contribution in [0.2, 0.25) is 0 Å². The number of carbonyl (C=O) groups is 1. The van der Waals surface area contributed by atoms with E-state index in [1.54, 1.807) is 0 Å². The second-order valence-electron chi connectivity index (χ2n) is 13.1. The predicted molar refractivity (Wildman–Crippen MR) is 175 cm³/mol. The minimum absolute atomic E-state index is 0.0337. The Morgan fingerprint density at radius 1 is 0.575 bits per heavy atom. The Morgan fingerprint density at radius 3 is 1.32 bits per heavy atom. The van der Waals surface area contributed by atoms with E-state index in [4.69, 9.17) is 0 Å². The number of amides is 1. The van der Waals surface area contributed by atoms with E-state index in [1.807, 2.05) is 0 Å². The first kappa shape index (κ1) is 37.4. The number of β-amino-alcohol motifs (C(OH)–C–C–N with tert-alkyl or cyclic N) is 1. The van der Waals surface area contributed by atoms with Crippen molar-refractivity contribution in [3.8, 4) is 0 Å². The monoisotopic (exact) mass is 565 g/mol. The van der Waals surface area contributed by atoms with Crippen molar-refractivity contribution >= 4 is 5.91 Å². The highest BCUT2D eigenvalue weighted by Crippen LogP contribution is 2.19. The summed E-state index contributed by atoms with van der Waals surface area (Å²) in [6.07, 6.45) is 37.6. The van der Waals surface area contributed by atoms with Crippen molar-refractivity contribution in [2.24, 2.45) is 0 Å². The second kappa shape index (κ2) is 28.5. The van der Waals surface area contributed by atoms with Crippen LogP contribution < -0.4 is 5.32 Å². The third-order valence-electron chi connectivity index (χ3n) is 9.02. The first-order valence-corrected chi connectivity index (χ1v) is 18.4. The van der Waals surface area contributed by atoms with Crippen molar-refractivity contribution in [3.63, 3.8) is 0 Å². The lowest BCUT2D eigenvalue weighted by molar-refractivity contribution is -0.122. The van der Waals surface area contributed by atoms with Crippen molar-refractivity contribution in [2.75, 3.05) is 13.1 Å². The van der Waals surface area contributed by atoms with Gasteiger partial charge in [0.2, 0.25) is 5.91 Å². The van der Waals surface area contributed by atoms with Crippen molar-refractivity contribution in [3.05, 3.63) is 0 Å². The molecule has 1 rings (SSSR count). The number of hydrogen-bond acceptors (Lipinski definition) is 3. The van der Waals surface area contributed by atoms with E-state index in [1.165, 1.54) is 167 Å². The molecule has 0 aromatic carbocycles. The fraction of sp³-hybridized carbons (Fsp3) is 0.972. The molecule has 0 radical (unpaired) electrons. The zero-order valence-electron chi connectivity index (χ0n) is 27.4. The van der Waals surface area contributed by atoms with Gasteiger partial charge in [0.05, 0.1) is 12.3 Å². The van der Waals surface area contributed by atoms with Crippen LogP contribution in [0.1, 0.15) is 200 Å². The number of hydrogen-bond donors (Lipinski definition) is 2. The average Bonchev–Trinajstić information content (AvgIpc) is 3.29. The van der Waals surface area contributed by atoms with Gasteiger partial charge in [-0.1, -0.05) is 174 Å². The summed E-state index contributed by atoms with van der Waals surface area (Å²) >= 11 is 0. The van der Waals surface area contributed by atoms with Gasteiger partial charge in [0, 0.05) is 25.9 Å². The first-order valence-electron chi connectivity index (χ1n) is 18.4. The molecule has 1 fully saturated rings. The van der Waals surface area contributed by atoms with Gasteiger partial charge in [0.1, 0.15) is 0 Å². The molecule has 40 heavy (non-hydrogen) atoms. The summed E-state index contributed by atoms with van der Waals surface area (Å²) in [6, 6.07) is 0. The molecule has 0 bridgehead atoms. The Bertz CT molecular complexity index is 541. The lowest BCUT2D eigenvalue weighted by atomic mass is 10.0. The standard InChI is InChI=1S/C36H72N2O2/c1-3-5-7-9-11-13-15-17-19-21-23-25-27-29-31-38-33-34(39)32-35(38)37-36(40)30-28-26-24-22-20-18-16-14-12-10-8-6-4-2/h34-35,39H,3-33H2,1-2H3,(H,37,40). The molecule has 2 unspecified atom stereocenters. The summed E-state index contributed by atoms with van der Waals surface area (Å²) in [5.74, 6) is 0.174. The number of unbranched alkanes of at least 4 members (excludes halogenated alkanes) is 25. The third kappa shape index (κ3) is 23.0. The maximum absolute atomic E-state index is 12.5. The molecule has 1 amide bonds. The number of aliphatic hydroxyl groups excluding tert-OH is 1. The lowest BCUT2D eigenvalue weighted by Gasteiger charge is -2.25. The van der Waals surface area contributed by atoms with Gasteiger partial charge in [-0.3, -0.25) is 9.69 Å². The zero-order chi connectivity index (χ0) is 28.9. The minimum Gasteiger partial charge on any atom is -0.392 e. The van der Waals surface area contributed by atoms with Crippen molar-refractivity contribution in [1.82, 2.24) is 10.2 Å². The van der Waals surface area contributed by atoms with Crippen molar-refractivity contribution in [2.45, 2.75) is 212 Å². The van der Waals surface area contributed by atoms with Gasteiger partial charge in [-0.2, -0.15) is 0 Å². The van der Waals surface area contributed by atoms with Crippen LogP contribution in [-0.4, -0.2) is 41.3 Å². The minimum atomic E-state index is -0.298. The van der Waals surface area contributed by atoms with Crippen LogP contribution in [0.25, 0.3) is 0 Å². The highest BCUT2D eigenvalue weighted by atomic mass is 16.3. The number of rotatable bonds is 30. The summed E-state index contributed by atoms with van der Waals surface area (Å²) in [6.45, 7) is 6.28. The third-order valence-corrected chi connectivity index (χ3v) is 9.02. The van der Waals surface area contributed by atoms with E-state index in [9.17, 15) is 9.90 Å². The van der Waals surface area contributed by atoms with E-state index in [-0.39, 0.29) is 18.2 Å². The molecule has 1 aliphatic rings. The van der Waals surface area contributed by atoms with Gasteiger partial charge in [0.15, 0.2) is 0 Å². The number of nitrogens with one attached hydrogen (secondary N) is 1. The smallest absolute Gasteiger partial charge is 0.221 e. The van der Waals surface area contributed by atoms with Crippen LogP contribution >= 0.6 is 0 Å². The molecule has 1 saturated heterocycles. The van der Waals surface area contributed by atoms with Gasteiger partial charge in [-0.25, -0.2) is 0 Å². The SMILES string of the molecule is CCCCCCCCCCCCCCCCN1CC(O)CC1NC(=O)CCCCCCCCCCCCCCC. The fourth-order valence-electron chi connectivity index (χ4n) is 6.35. The molecule has 1 aliphatic heterocycles. The van der Waals surface area contributed by atoms with Gasteiger partial charge in [-0.05, 0) is 12.8 Å². The van der Waals surface area contributed by atoms with Crippen LogP contribution in [0.15, 0.2) is 0 Å². The summed E-state index contributed by atoms with van der Waals surface area (Å²) in [4.78, 5) is 14.8. The second-order valence-corrected chi connectivity index (χ2v) is 13.1. The predicted octanol–water partition coefficient (Wildman–Crippen LogP) is 10.5. The normalized spacial score (nSPS) is 17.6. The molecular formula is C36H72N2O2. The average molecular weight is 565 g/mol. The van der Waals surface area contributed by atoms with E-state index in [2.05, 4.69) is 24.1 Å². The molecule has 0 aliphatic carbocycles. The first-order chi connectivity index (χ1) is 19.7. The highest BCUT2D eigenvalue weighted by molar-refractivity contribution is 5.76. The van der Waals surface area contributed by atoms with Gasteiger partial charge in [0.25, 0.3) is 0 Å². The Hall–Kier alpha value is -0.610. The summed E-state index contributed by atoms with van der Waals surface area (Å²) in [5, 5.41) is 13.4. The topological polar surface area (TPSA) is 52.6 Å². The molecule has 0 saturated carbocycles. The van der Waals surface area contributed by atoms with Crippen LogP contribution in [-0.2, 0) is 4.79 Å². The number of carbonyl (C=O) groups excluding carboxylic acids is 1. The zero-order valence-corrected chi connectivity index (χ0v) is 27.4. The molecular weight excluding hydrogens is 492 g/mol. The van der Waals surface area contributed by atoms with Crippen molar-refractivity contribution < 1.29 is 9.90 Å². The van der Waals surface area contributed by atoms with E-state index in [0.29, 0.717) is 19.4 Å². The van der Waals surface area contributed by atoms with Crippen LogP contribution in [0.5, 0.6) is 0 Å². The van der Waals surface area contributed by atoms with E-state index in [0.717, 1.165) is 13.0 Å². The Balaban J connectivity index is 1.94. The summed E-state index contributed by atoms with van der Waals surface area (Å²) in [7, 11) is 0. The van der Waals surface area contributed by atoms with Crippen LogP contribution in [0.3, 0.4) is 0 Å². The molecule has 2 N–H and O–H groups in total. The molecule has 0 spiro atoms. The van der Waals surface area contributed by atoms with Crippen LogP contribution in [0, 0.1) is 0 Å². The Labute approximate surface area is 251 Å². The molecule has 238 valence electrons. The van der Waals surface area contributed by atoms with Crippen molar-refractivity contribution in [1.29, 1.82) is 0 Å². The molecule has 0 aromatic rings. The van der Waals surface area contributed by atoms with Crippen LogP contribution in [0.4, 0.5) is 0 Å². The Kier molecular flexibility index (Phi) is 26.7. The molecule has 4 nitrogen and oxygen atoms in total. The largest absolute Gasteiger partial charge is 0.392 e. The summed E-state index contributed by atoms with van der Waals surface area (Å²) in [5.41, 5.74) is 0. The molecule has 1 heterocycles. The quantitative estimate of drug-likeness (QED) is 0.0853. The molecule has 4 heteroatoms. The van der Waals surface area contributed by atoms with Gasteiger partial charge in [-0.15, -0.1) is 0 Å². The Morgan fingerprint density at radius 2 is 0.925 bits per heavy atom. The number of likely N-dealkylation sites (tertiary alicyclic amines) is 1. The maximum atomic E-state index is 12.5. The lowest BCUT2D eigenvalue weighted by Crippen LogP contribution is -2.44. The van der Waals surface area contributed by atoms with E-state index < -0.39 is 0 Å². The van der Waals surface area contributed by atoms with Gasteiger partial charge < -0.3 is 10.4 Å². The maximum Gasteiger partial charge on any atom is 0.221 e. The number of nitrogens with zero attached hydrogens (tertiary/aromatic N) is 1. The molecule has 2 atom stereocenters.